The first-order valence-corrected chi connectivity index (χ1v) is 12.9. The predicted molar refractivity (Wildman–Crippen MR) is 150 cm³/mol. The van der Waals surface area contributed by atoms with Gasteiger partial charge in [-0.3, -0.25) is 10.1 Å². The third-order valence-electron chi connectivity index (χ3n) is 6.17. The van der Waals surface area contributed by atoms with Crippen LogP contribution in [0.25, 0.3) is 10.8 Å². The molecule has 1 aliphatic rings. The second-order valence-corrected chi connectivity index (χ2v) is 11.0. The Balaban J connectivity index is 1.63. The van der Waals surface area contributed by atoms with E-state index in [1.807, 2.05) is 91.0 Å². The molecule has 37 heavy (non-hydrogen) atoms. The molecule has 0 aliphatic carbocycles. The number of fused-ring (bicyclic) bond motifs is 2. The first-order valence-electron chi connectivity index (χ1n) is 12.1. The monoisotopic (exact) mass is 557 g/mol. The first-order chi connectivity index (χ1) is 17.6. The highest BCUT2D eigenvalue weighted by Gasteiger charge is 2.53. The molecule has 0 saturated heterocycles. The highest BCUT2D eigenvalue weighted by Crippen LogP contribution is 2.43. The molecule has 1 atom stereocenters. The van der Waals surface area contributed by atoms with Crippen LogP contribution in [0.5, 0.6) is 0 Å². The molecule has 0 radical (unpaired) electrons. The highest BCUT2D eigenvalue weighted by molar-refractivity contribution is 9.10. The van der Waals surface area contributed by atoms with E-state index in [0.29, 0.717) is 23.5 Å². The van der Waals surface area contributed by atoms with E-state index in [0.717, 1.165) is 20.8 Å². The van der Waals surface area contributed by atoms with E-state index in [1.54, 1.807) is 25.7 Å². The van der Waals surface area contributed by atoms with Crippen molar-refractivity contribution in [3.05, 3.63) is 107 Å². The van der Waals surface area contributed by atoms with Crippen LogP contribution in [0.3, 0.4) is 0 Å². The van der Waals surface area contributed by atoms with Crippen LogP contribution >= 0.6 is 15.9 Å². The Labute approximate surface area is 224 Å². The second-order valence-electron chi connectivity index (χ2n) is 10.1. The number of hydrogen-bond acceptors (Lipinski definition) is 4. The van der Waals surface area contributed by atoms with Crippen molar-refractivity contribution in [3.63, 3.8) is 0 Å². The van der Waals surface area contributed by atoms with E-state index in [1.165, 1.54) is 0 Å². The molecule has 0 unspecified atom stereocenters. The van der Waals surface area contributed by atoms with Crippen LogP contribution in [0.1, 0.15) is 31.9 Å². The van der Waals surface area contributed by atoms with Gasteiger partial charge in [0.05, 0.1) is 12.2 Å². The fourth-order valence-electron chi connectivity index (χ4n) is 4.61. The molecular weight excluding hydrogens is 530 g/mol. The van der Waals surface area contributed by atoms with E-state index in [-0.39, 0.29) is 5.91 Å². The van der Waals surface area contributed by atoms with Crippen LogP contribution in [0.4, 0.5) is 16.2 Å². The average molecular weight is 558 g/mol. The van der Waals surface area contributed by atoms with E-state index < -0.39 is 17.4 Å². The first kappa shape index (κ1) is 24.8. The molecule has 1 aliphatic heterocycles. The van der Waals surface area contributed by atoms with Gasteiger partial charge in [-0.2, -0.15) is 0 Å². The molecule has 2 amide bonds. The Morgan fingerprint density at radius 3 is 2.35 bits per heavy atom. The number of carbonyl (C=O) groups excluding carboxylic acids is 2. The molecule has 4 aromatic rings. The Morgan fingerprint density at radius 1 is 0.919 bits per heavy atom. The quantitative estimate of drug-likeness (QED) is 0.261. The van der Waals surface area contributed by atoms with Crippen LogP contribution in [-0.4, -0.2) is 17.6 Å². The normalized spacial score (nSPS) is 17.0. The molecule has 2 N–H and O–H groups in total. The zero-order valence-corrected chi connectivity index (χ0v) is 22.5. The molecule has 0 fully saturated rings. The van der Waals surface area contributed by atoms with Crippen LogP contribution in [0.15, 0.2) is 95.5 Å². The molecule has 0 saturated carbocycles. The van der Waals surface area contributed by atoms with Gasteiger partial charge in [-0.05, 0) is 61.4 Å². The van der Waals surface area contributed by atoms with E-state index >= 15 is 0 Å². The number of anilines is 2. The summed E-state index contributed by atoms with van der Waals surface area (Å²) in [5.41, 5.74) is 0.694. The lowest BCUT2D eigenvalue weighted by atomic mass is 9.99. The lowest BCUT2D eigenvalue weighted by molar-refractivity contribution is -0.123. The highest BCUT2D eigenvalue weighted by atomic mass is 79.9. The molecule has 0 spiro atoms. The second kappa shape index (κ2) is 9.56. The molecular formula is C30H28BrN3O3. The fraction of sp³-hybridized carbons (Fsp3) is 0.200. The van der Waals surface area contributed by atoms with Gasteiger partial charge in [0, 0.05) is 15.7 Å². The summed E-state index contributed by atoms with van der Waals surface area (Å²) in [5, 5.41) is 8.39. The Bertz CT molecular complexity index is 1480. The van der Waals surface area contributed by atoms with Crippen molar-refractivity contribution in [1.29, 1.82) is 0 Å². The van der Waals surface area contributed by atoms with E-state index in [4.69, 9.17) is 4.74 Å². The van der Waals surface area contributed by atoms with E-state index in [2.05, 4.69) is 26.6 Å². The number of benzene rings is 4. The smallest absolute Gasteiger partial charge is 0.410 e. The van der Waals surface area contributed by atoms with Crippen molar-refractivity contribution < 1.29 is 14.3 Å². The van der Waals surface area contributed by atoms with Gasteiger partial charge in [0.25, 0.3) is 5.91 Å². The van der Waals surface area contributed by atoms with Gasteiger partial charge in [0.2, 0.25) is 5.66 Å². The standard InChI is InChI=1S/C30H28BrN3O3/c1-29(2,3)37-28(36)33-30(32-24-15-13-21-11-7-8-12-22(21)17-24)25-16-14-23(31)18-26(25)34(27(30)35)19-20-9-5-4-6-10-20/h4-18,32H,19H2,1-3H3,(H,33,36)/t30-/m1/s1. The predicted octanol–water partition coefficient (Wildman–Crippen LogP) is 6.94. The van der Waals surface area contributed by atoms with Gasteiger partial charge in [-0.15, -0.1) is 0 Å². The largest absolute Gasteiger partial charge is 0.444 e. The number of carbonyl (C=O) groups is 2. The fourth-order valence-corrected chi connectivity index (χ4v) is 4.96. The molecule has 1 heterocycles. The zero-order chi connectivity index (χ0) is 26.2. The van der Waals surface area contributed by atoms with Crippen molar-refractivity contribution in [1.82, 2.24) is 5.32 Å². The Kier molecular flexibility index (Phi) is 6.42. The maximum atomic E-state index is 14.3. The minimum absolute atomic E-state index is 0.302. The summed E-state index contributed by atoms with van der Waals surface area (Å²) in [6, 6.07) is 29.3. The third-order valence-corrected chi connectivity index (χ3v) is 6.67. The molecule has 7 heteroatoms. The number of rotatable bonds is 5. The average Bonchev–Trinajstić information content (AvgIpc) is 3.05. The summed E-state index contributed by atoms with van der Waals surface area (Å²) >= 11 is 3.55. The van der Waals surface area contributed by atoms with Crippen molar-refractivity contribution in [2.75, 3.05) is 10.2 Å². The van der Waals surface area contributed by atoms with Gasteiger partial charge in [-0.25, -0.2) is 4.79 Å². The van der Waals surface area contributed by atoms with Crippen LogP contribution < -0.4 is 15.5 Å². The maximum absolute atomic E-state index is 14.3. The number of nitrogens with one attached hydrogen (secondary N) is 2. The lowest BCUT2D eigenvalue weighted by Crippen LogP contribution is -2.58. The Morgan fingerprint density at radius 2 is 1.62 bits per heavy atom. The van der Waals surface area contributed by atoms with Crippen LogP contribution in [0, 0.1) is 0 Å². The number of nitrogens with zero attached hydrogens (tertiary/aromatic N) is 1. The molecule has 0 aromatic heterocycles. The third kappa shape index (κ3) is 5.04. The van der Waals surface area contributed by atoms with Crippen molar-refractivity contribution >= 4 is 50.1 Å². The summed E-state index contributed by atoms with van der Waals surface area (Å²) < 4.78 is 6.43. The minimum atomic E-state index is -1.57. The summed E-state index contributed by atoms with van der Waals surface area (Å²) in [6.45, 7) is 5.72. The minimum Gasteiger partial charge on any atom is -0.444 e. The number of halogens is 1. The molecule has 188 valence electrons. The van der Waals surface area contributed by atoms with Gasteiger partial charge >= 0.3 is 6.09 Å². The topological polar surface area (TPSA) is 70.7 Å². The van der Waals surface area contributed by atoms with Crippen molar-refractivity contribution in [3.8, 4) is 0 Å². The number of hydrogen-bond donors (Lipinski definition) is 2. The van der Waals surface area contributed by atoms with Gasteiger partial charge < -0.3 is 15.0 Å². The summed E-state index contributed by atoms with van der Waals surface area (Å²) in [7, 11) is 0. The number of alkyl carbamates (subject to hydrolysis) is 1. The van der Waals surface area contributed by atoms with Gasteiger partial charge in [-0.1, -0.05) is 82.7 Å². The van der Waals surface area contributed by atoms with Crippen molar-refractivity contribution in [2.45, 2.75) is 38.6 Å². The summed E-state index contributed by atoms with van der Waals surface area (Å²) in [5.74, 6) is -0.302. The van der Waals surface area contributed by atoms with Crippen LogP contribution in [-0.2, 0) is 21.7 Å². The molecule has 6 nitrogen and oxygen atoms in total. The number of ether oxygens (including phenoxy) is 1. The zero-order valence-electron chi connectivity index (χ0n) is 20.9. The number of amides is 2. The van der Waals surface area contributed by atoms with Gasteiger partial charge in [0.15, 0.2) is 0 Å². The maximum Gasteiger partial charge on any atom is 0.410 e. The van der Waals surface area contributed by atoms with Crippen LogP contribution in [0.2, 0.25) is 0 Å². The van der Waals surface area contributed by atoms with Gasteiger partial charge in [0.1, 0.15) is 5.60 Å². The Hall–Kier alpha value is -3.84. The van der Waals surface area contributed by atoms with E-state index in [9.17, 15) is 9.59 Å². The SMILES string of the molecule is CC(C)(C)OC(=O)N[C@@]1(Nc2ccc3ccccc3c2)C(=O)N(Cc2ccccc2)c2cc(Br)ccc21. The summed E-state index contributed by atoms with van der Waals surface area (Å²) in [4.78, 5) is 29.2. The lowest BCUT2D eigenvalue weighted by Gasteiger charge is -2.33. The van der Waals surface area contributed by atoms with Crippen molar-refractivity contribution in [2.24, 2.45) is 0 Å². The summed E-state index contributed by atoms with van der Waals surface area (Å²) in [6.07, 6.45) is -0.690. The molecule has 0 bridgehead atoms. The molecule has 4 aromatic carbocycles. The molecule has 5 rings (SSSR count).